The highest BCUT2D eigenvalue weighted by Crippen LogP contribution is 2.04. The highest BCUT2D eigenvalue weighted by molar-refractivity contribution is 5.65. The zero-order valence-corrected chi connectivity index (χ0v) is 8.99. The van der Waals surface area contributed by atoms with Gasteiger partial charge in [0.25, 0.3) is 0 Å². The Morgan fingerprint density at radius 3 is 2.38 bits per heavy atom. The van der Waals surface area contributed by atoms with E-state index in [1.165, 1.54) is 6.92 Å². The van der Waals surface area contributed by atoms with Crippen LogP contribution >= 0.6 is 0 Å². The summed E-state index contributed by atoms with van der Waals surface area (Å²) in [5, 5.41) is 31.4. The van der Waals surface area contributed by atoms with Gasteiger partial charge in [-0.3, -0.25) is 5.43 Å². The number of nitrogens with zero attached hydrogens (tertiary/aromatic N) is 1. The van der Waals surface area contributed by atoms with E-state index in [0.29, 0.717) is 0 Å². The summed E-state index contributed by atoms with van der Waals surface area (Å²) in [7, 11) is 0. The molecule has 5 nitrogen and oxygen atoms in total. The normalized spacial score (nSPS) is 17.0. The van der Waals surface area contributed by atoms with Crippen LogP contribution in [0.15, 0.2) is 35.4 Å². The fourth-order valence-corrected chi connectivity index (χ4v) is 1.07. The van der Waals surface area contributed by atoms with Crippen LogP contribution in [-0.2, 0) is 0 Å². The molecule has 0 saturated carbocycles. The van der Waals surface area contributed by atoms with Crippen LogP contribution in [0, 0.1) is 0 Å². The summed E-state index contributed by atoms with van der Waals surface area (Å²) in [5.74, 6) is 0. The maximum atomic E-state index is 9.37. The van der Waals surface area contributed by atoms with Gasteiger partial charge in [0.15, 0.2) is 0 Å². The number of rotatable bonds is 5. The summed E-state index contributed by atoms with van der Waals surface area (Å²) in [4.78, 5) is 0. The van der Waals surface area contributed by atoms with E-state index in [4.69, 9.17) is 5.11 Å². The second kappa shape index (κ2) is 6.22. The monoisotopic (exact) mass is 224 g/mol. The van der Waals surface area contributed by atoms with E-state index in [2.05, 4.69) is 10.5 Å². The highest BCUT2D eigenvalue weighted by Gasteiger charge is 2.18. The van der Waals surface area contributed by atoms with Crippen LogP contribution in [0.2, 0.25) is 0 Å². The molecule has 16 heavy (non-hydrogen) atoms. The van der Waals surface area contributed by atoms with Gasteiger partial charge in [-0.25, -0.2) is 0 Å². The van der Waals surface area contributed by atoms with Gasteiger partial charge in [-0.15, -0.1) is 0 Å². The zero-order chi connectivity index (χ0) is 12.0. The number of benzene rings is 1. The van der Waals surface area contributed by atoms with Gasteiger partial charge >= 0.3 is 0 Å². The second-order valence-electron chi connectivity index (χ2n) is 3.48. The average Bonchev–Trinajstić information content (AvgIpc) is 2.29. The Bertz CT molecular complexity index is 327. The summed E-state index contributed by atoms with van der Waals surface area (Å²) in [6, 6.07) is 9.20. The smallest absolute Gasteiger partial charge is 0.119 e. The molecule has 0 radical (unpaired) electrons. The minimum Gasteiger partial charge on any atom is -0.391 e. The molecular weight excluding hydrogens is 208 g/mol. The van der Waals surface area contributed by atoms with E-state index in [0.717, 1.165) is 11.9 Å². The molecule has 1 rings (SSSR count). The Labute approximate surface area is 94.1 Å². The lowest BCUT2D eigenvalue weighted by atomic mass is 10.1. The summed E-state index contributed by atoms with van der Waals surface area (Å²) >= 11 is 0. The van der Waals surface area contributed by atoms with Gasteiger partial charge in [0.2, 0.25) is 0 Å². The molecule has 0 aromatic heterocycles. The van der Waals surface area contributed by atoms with Crippen molar-refractivity contribution < 1.29 is 15.3 Å². The van der Waals surface area contributed by atoms with E-state index < -0.39 is 18.3 Å². The van der Waals surface area contributed by atoms with Crippen LogP contribution in [0.5, 0.6) is 0 Å². The van der Waals surface area contributed by atoms with Gasteiger partial charge in [0.05, 0.1) is 18.0 Å². The van der Waals surface area contributed by atoms with Gasteiger partial charge < -0.3 is 15.3 Å². The van der Waals surface area contributed by atoms with E-state index in [1.807, 2.05) is 30.3 Å². The number of aliphatic hydroxyl groups is 3. The van der Waals surface area contributed by atoms with Crippen LogP contribution in [0.4, 0.5) is 5.69 Å². The van der Waals surface area contributed by atoms with Crippen LogP contribution in [0.1, 0.15) is 6.92 Å². The van der Waals surface area contributed by atoms with E-state index >= 15 is 0 Å². The Kier molecular flexibility index (Phi) is 4.91. The lowest BCUT2D eigenvalue weighted by Crippen LogP contribution is -2.36. The minimum absolute atomic E-state index is 0.775. The molecule has 0 amide bonds. The van der Waals surface area contributed by atoms with Crippen molar-refractivity contribution in [2.45, 2.75) is 25.2 Å². The topological polar surface area (TPSA) is 85.1 Å². The van der Waals surface area contributed by atoms with Crippen molar-refractivity contribution in [3.8, 4) is 0 Å². The summed E-state index contributed by atoms with van der Waals surface area (Å²) in [6.07, 6.45) is -2.29. The fraction of sp³-hybridized carbons (Fsp3) is 0.364. The molecule has 0 fully saturated rings. The SMILES string of the molecule is C[C@H](O)[C@H](O)[C@H](O)/C=N\Nc1ccccc1. The molecule has 4 N–H and O–H groups in total. The zero-order valence-electron chi connectivity index (χ0n) is 8.99. The molecule has 0 aliphatic carbocycles. The standard InChI is InChI=1S/C11H16N2O3/c1-8(14)11(16)10(15)7-12-13-9-5-3-2-4-6-9/h2-8,10-11,13-16H,1H3/b12-7-/t8-,10+,11-/m0/s1. The van der Waals surface area contributed by atoms with E-state index in [-0.39, 0.29) is 0 Å². The molecule has 88 valence electrons. The number of hydrogen-bond donors (Lipinski definition) is 4. The summed E-state index contributed by atoms with van der Waals surface area (Å²) < 4.78 is 0. The molecule has 0 heterocycles. The van der Waals surface area contributed by atoms with Crippen molar-refractivity contribution >= 4 is 11.9 Å². The minimum atomic E-state index is -1.23. The van der Waals surface area contributed by atoms with Gasteiger partial charge in [-0.2, -0.15) is 5.10 Å². The first-order chi connectivity index (χ1) is 7.61. The molecule has 5 heteroatoms. The first-order valence-electron chi connectivity index (χ1n) is 4.99. The first kappa shape index (κ1) is 12.6. The van der Waals surface area contributed by atoms with Crippen molar-refractivity contribution in [1.29, 1.82) is 0 Å². The lowest BCUT2D eigenvalue weighted by molar-refractivity contribution is -0.0240. The van der Waals surface area contributed by atoms with Crippen LogP contribution in [0.3, 0.4) is 0 Å². The second-order valence-corrected chi connectivity index (χ2v) is 3.48. The van der Waals surface area contributed by atoms with Crippen molar-refractivity contribution in [1.82, 2.24) is 0 Å². The van der Waals surface area contributed by atoms with Crippen molar-refractivity contribution in [3.63, 3.8) is 0 Å². The van der Waals surface area contributed by atoms with Gasteiger partial charge in [0, 0.05) is 0 Å². The lowest BCUT2D eigenvalue weighted by Gasteiger charge is -2.16. The van der Waals surface area contributed by atoms with Crippen molar-refractivity contribution in [3.05, 3.63) is 30.3 Å². The molecule has 0 unspecified atom stereocenters. The Balaban J connectivity index is 2.43. The third kappa shape index (κ3) is 3.98. The van der Waals surface area contributed by atoms with Crippen LogP contribution < -0.4 is 5.43 Å². The van der Waals surface area contributed by atoms with Gasteiger partial charge in [0.1, 0.15) is 12.2 Å². The molecule has 0 spiro atoms. The molecule has 0 bridgehead atoms. The maximum Gasteiger partial charge on any atom is 0.119 e. The fourth-order valence-electron chi connectivity index (χ4n) is 1.07. The first-order valence-corrected chi connectivity index (χ1v) is 4.99. The number of nitrogens with one attached hydrogen (secondary N) is 1. The van der Waals surface area contributed by atoms with E-state index in [9.17, 15) is 10.2 Å². The molecular formula is C11H16N2O3. The van der Waals surface area contributed by atoms with Gasteiger partial charge in [-0.1, -0.05) is 18.2 Å². The molecule has 1 aromatic carbocycles. The number of anilines is 1. The molecule has 0 saturated heterocycles. The average molecular weight is 224 g/mol. The Morgan fingerprint density at radius 1 is 1.19 bits per heavy atom. The quantitative estimate of drug-likeness (QED) is 0.425. The number of hydrazone groups is 1. The number of hydrogen-bond acceptors (Lipinski definition) is 5. The predicted molar refractivity (Wildman–Crippen MR) is 62.3 cm³/mol. The van der Waals surface area contributed by atoms with E-state index in [1.54, 1.807) is 0 Å². The largest absolute Gasteiger partial charge is 0.391 e. The maximum absolute atomic E-state index is 9.37. The summed E-state index contributed by atoms with van der Waals surface area (Å²) in [6.45, 7) is 1.40. The Morgan fingerprint density at radius 2 is 1.81 bits per heavy atom. The Hall–Kier alpha value is -1.43. The molecule has 3 atom stereocenters. The third-order valence-corrected chi connectivity index (χ3v) is 2.04. The van der Waals surface area contributed by atoms with Crippen LogP contribution in [-0.4, -0.2) is 39.8 Å². The van der Waals surface area contributed by atoms with Gasteiger partial charge in [-0.05, 0) is 19.1 Å². The number of para-hydroxylation sites is 1. The molecule has 0 aliphatic rings. The van der Waals surface area contributed by atoms with Crippen LogP contribution in [0.25, 0.3) is 0 Å². The summed E-state index contributed by atoms with van der Waals surface area (Å²) in [5.41, 5.74) is 3.46. The number of aliphatic hydroxyl groups excluding tert-OH is 3. The molecule has 0 aliphatic heterocycles. The van der Waals surface area contributed by atoms with Crippen molar-refractivity contribution in [2.75, 3.05) is 5.43 Å². The third-order valence-electron chi connectivity index (χ3n) is 2.04. The van der Waals surface area contributed by atoms with Crippen molar-refractivity contribution in [2.24, 2.45) is 5.10 Å². The molecule has 1 aromatic rings. The highest BCUT2D eigenvalue weighted by atomic mass is 16.4. The predicted octanol–water partition coefficient (Wildman–Crippen LogP) is 0.187.